The average Bonchev–Trinajstić information content (AvgIpc) is 2.87. The van der Waals surface area contributed by atoms with E-state index >= 15 is 0 Å². The van der Waals surface area contributed by atoms with Gasteiger partial charge >= 0.3 is 0 Å². The van der Waals surface area contributed by atoms with E-state index < -0.39 is 5.92 Å². The Balaban J connectivity index is 1.46. The van der Waals surface area contributed by atoms with E-state index in [4.69, 9.17) is 4.74 Å². The number of carbonyl (C=O) groups is 1. The zero-order valence-electron chi connectivity index (χ0n) is 14.6. The molecule has 5 nitrogen and oxygen atoms in total. The van der Waals surface area contributed by atoms with Gasteiger partial charge in [-0.05, 0) is 11.5 Å². The van der Waals surface area contributed by atoms with Crippen molar-refractivity contribution in [1.82, 2.24) is 14.8 Å². The number of halogens is 2. The van der Waals surface area contributed by atoms with Gasteiger partial charge in [0.1, 0.15) is 5.69 Å². The van der Waals surface area contributed by atoms with Gasteiger partial charge in [-0.1, -0.05) is 24.3 Å². The van der Waals surface area contributed by atoms with Crippen LogP contribution in [0.25, 0.3) is 10.8 Å². The first-order valence-corrected chi connectivity index (χ1v) is 8.74. The van der Waals surface area contributed by atoms with E-state index in [1.165, 1.54) is 7.11 Å². The summed E-state index contributed by atoms with van der Waals surface area (Å²) in [4.78, 5) is 20.5. The van der Waals surface area contributed by atoms with Crippen LogP contribution in [-0.2, 0) is 4.74 Å². The lowest BCUT2D eigenvalue weighted by Crippen LogP contribution is -2.62. The molecule has 2 saturated heterocycles. The number of ether oxygens (including phenoxy) is 1. The maximum absolute atomic E-state index is 13.8. The number of benzene rings is 1. The van der Waals surface area contributed by atoms with E-state index in [9.17, 15) is 13.6 Å². The molecule has 26 heavy (non-hydrogen) atoms. The van der Waals surface area contributed by atoms with Crippen LogP contribution >= 0.6 is 0 Å². The van der Waals surface area contributed by atoms with E-state index in [-0.39, 0.29) is 37.6 Å². The molecule has 3 heterocycles. The SMILES string of the molecule is COC[C@@H]1CC(F)(F)CN1C1CN(C(=O)c2nccc3ccccc23)C1. The van der Waals surface area contributed by atoms with Crippen molar-refractivity contribution in [2.75, 3.05) is 33.4 Å². The third kappa shape index (κ3) is 3.05. The van der Waals surface area contributed by atoms with Crippen molar-refractivity contribution in [3.05, 3.63) is 42.2 Å². The topological polar surface area (TPSA) is 45.7 Å². The van der Waals surface area contributed by atoms with E-state index in [2.05, 4.69) is 4.98 Å². The normalized spacial score (nSPS) is 23.3. The third-order valence-corrected chi connectivity index (χ3v) is 5.27. The zero-order chi connectivity index (χ0) is 18.3. The maximum Gasteiger partial charge on any atom is 0.273 e. The van der Waals surface area contributed by atoms with Crippen molar-refractivity contribution in [2.45, 2.75) is 24.4 Å². The summed E-state index contributed by atoms with van der Waals surface area (Å²) in [5, 5.41) is 1.77. The molecule has 2 aromatic rings. The lowest BCUT2D eigenvalue weighted by atomic mass is 10.0. The number of likely N-dealkylation sites (tertiary alicyclic amines) is 2. The highest BCUT2D eigenvalue weighted by molar-refractivity contribution is 6.05. The minimum Gasteiger partial charge on any atom is -0.383 e. The first-order chi connectivity index (χ1) is 12.5. The predicted octanol–water partition coefficient (Wildman–Crippen LogP) is 2.42. The van der Waals surface area contributed by atoms with Crippen LogP contribution in [-0.4, -0.2) is 72.0 Å². The molecule has 0 radical (unpaired) electrons. The molecule has 0 N–H and O–H groups in total. The van der Waals surface area contributed by atoms with Crippen LogP contribution in [0.1, 0.15) is 16.9 Å². The van der Waals surface area contributed by atoms with Crippen LogP contribution in [0.4, 0.5) is 8.78 Å². The number of fused-ring (bicyclic) bond motifs is 1. The van der Waals surface area contributed by atoms with Crippen LogP contribution in [0.2, 0.25) is 0 Å². The molecule has 0 bridgehead atoms. The molecular weight excluding hydrogens is 340 g/mol. The van der Waals surface area contributed by atoms with Gasteiger partial charge in [-0.2, -0.15) is 0 Å². The summed E-state index contributed by atoms with van der Waals surface area (Å²) in [6, 6.07) is 9.13. The number of carbonyl (C=O) groups excluding carboxylic acids is 1. The van der Waals surface area contributed by atoms with E-state index in [0.717, 1.165) is 10.8 Å². The number of nitrogens with zero attached hydrogens (tertiary/aromatic N) is 3. The van der Waals surface area contributed by atoms with Crippen LogP contribution in [0.3, 0.4) is 0 Å². The predicted molar refractivity (Wildman–Crippen MR) is 93.4 cm³/mol. The van der Waals surface area contributed by atoms with Crippen molar-refractivity contribution in [3.63, 3.8) is 0 Å². The number of hydrogen-bond donors (Lipinski definition) is 0. The van der Waals surface area contributed by atoms with Crippen molar-refractivity contribution >= 4 is 16.7 Å². The molecule has 2 fully saturated rings. The van der Waals surface area contributed by atoms with Crippen molar-refractivity contribution in [1.29, 1.82) is 0 Å². The molecule has 0 aliphatic carbocycles. The average molecular weight is 361 g/mol. The molecule has 0 saturated carbocycles. The van der Waals surface area contributed by atoms with E-state index in [1.54, 1.807) is 16.0 Å². The summed E-state index contributed by atoms with van der Waals surface area (Å²) in [5.41, 5.74) is 0.418. The Morgan fingerprint density at radius 2 is 2.08 bits per heavy atom. The molecule has 138 valence electrons. The van der Waals surface area contributed by atoms with Gasteiger partial charge in [-0.15, -0.1) is 0 Å². The highest BCUT2D eigenvalue weighted by atomic mass is 19.3. The highest BCUT2D eigenvalue weighted by Gasteiger charge is 2.50. The molecule has 1 atom stereocenters. The molecule has 7 heteroatoms. The van der Waals surface area contributed by atoms with E-state index in [1.807, 2.05) is 30.3 Å². The van der Waals surface area contributed by atoms with E-state index in [0.29, 0.717) is 18.8 Å². The number of hydrogen-bond acceptors (Lipinski definition) is 4. The molecular formula is C19H21F2N3O2. The van der Waals surface area contributed by atoms with Crippen LogP contribution in [0.15, 0.2) is 36.5 Å². The second-order valence-electron chi connectivity index (χ2n) is 7.09. The fourth-order valence-corrected chi connectivity index (χ4v) is 3.97. The first kappa shape index (κ1) is 17.3. The Bertz CT molecular complexity index is 818. The number of rotatable bonds is 4. The van der Waals surface area contributed by atoms with Crippen LogP contribution in [0.5, 0.6) is 0 Å². The summed E-state index contributed by atoms with van der Waals surface area (Å²) in [5.74, 6) is -2.84. The molecule has 1 aromatic carbocycles. The van der Waals surface area contributed by atoms with Gasteiger partial charge in [0.15, 0.2) is 0 Å². The second kappa shape index (κ2) is 6.55. The minimum absolute atomic E-state index is 0.0533. The molecule has 1 aromatic heterocycles. The number of pyridine rings is 1. The standard InChI is InChI=1S/C19H21F2N3O2/c1-26-11-14-8-19(20,21)12-24(14)15-9-23(10-15)18(25)17-16-5-3-2-4-13(16)6-7-22-17/h2-7,14-15H,8-12H2,1H3/t14-/m0/s1. The van der Waals surface area contributed by atoms with Gasteiger partial charge in [0.25, 0.3) is 11.8 Å². The maximum atomic E-state index is 13.8. The van der Waals surface area contributed by atoms with Gasteiger partial charge in [0.05, 0.1) is 13.2 Å². The fraction of sp³-hybridized carbons (Fsp3) is 0.474. The first-order valence-electron chi connectivity index (χ1n) is 8.74. The number of amides is 1. The molecule has 4 rings (SSSR count). The summed E-state index contributed by atoms with van der Waals surface area (Å²) < 4.78 is 32.7. The van der Waals surface area contributed by atoms with Gasteiger partial charge in [0, 0.05) is 50.3 Å². The quantitative estimate of drug-likeness (QED) is 0.839. The molecule has 0 spiro atoms. The Kier molecular flexibility index (Phi) is 4.36. The smallest absolute Gasteiger partial charge is 0.273 e. The summed E-state index contributed by atoms with van der Waals surface area (Å²) in [6.07, 6.45) is 1.44. The summed E-state index contributed by atoms with van der Waals surface area (Å²) in [6.45, 7) is 0.908. The molecule has 2 aliphatic rings. The second-order valence-corrected chi connectivity index (χ2v) is 7.09. The zero-order valence-corrected chi connectivity index (χ0v) is 14.6. The highest BCUT2D eigenvalue weighted by Crippen LogP contribution is 2.35. The Hall–Kier alpha value is -2.12. The Labute approximate surface area is 150 Å². The fourth-order valence-electron chi connectivity index (χ4n) is 3.97. The number of aromatic nitrogens is 1. The monoisotopic (exact) mass is 361 g/mol. The Morgan fingerprint density at radius 1 is 1.31 bits per heavy atom. The van der Waals surface area contributed by atoms with Gasteiger partial charge in [-0.25, -0.2) is 8.78 Å². The van der Waals surface area contributed by atoms with Crippen LogP contribution < -0.4 is 0 Å². The van der Waals surface area contributed by atoms with Crippen LogP contribution in [0, 0.1) is 0 Å². The Morgan fingerprint density at radius 3 is 2.85 bits per heavy atom. The number of alkyl halides is 2. The summed E-state index contributed by atoms with van der Waals surface area (Å²) in [7, 11) is 1.53. The van der Waals surface area contributed by atoms with Gasteiger partial charge in [-0.3, -0.25) is 14.7 Å². The molecule has 2 aliphatic heterocycles. The lowest BCUT2D eigenvalue weighted by Gasteiger charge is -2.45. The van der Waals surface area contributed by atoms with Crippen molar-refractivity contribution in [3.8, 4) is 0 Å². The third-order valence-electron chi connectivity index (χ3n) is 5.27. The molecule has 1 amide bonds. The van der Waals surface area contributed by atoms with Crippen molar-refractivity contribution in [2.24, 2.45) is 0 Å². The largest absolute Gasteiger partial charge is 0.383 e. The van der Waals surface area contributed by atoms with Gasteiger partial charge in [0.2, 0.25) is 0 Å². The van der Waals surface area contributed by atoms with Gasteiger partial charge < -0.3 is 9.64 Å². The number of methoxy groups -OCH3 is 1. The van der Waals surface area contributed by atoms with Crippen molar-refractivity contribution < 1.29 is 18.3 Å². The lowest BCUT2D eigenvalue weighted by molar-refractivity contribution is -0.0137. The minimum atomic E-state index is -2.69. The summed E-state index contributed by atoms with van der Waals surface area (Å²) >= 11 is 0. The molecule has 0 unspecified atom stereocenters.